The number of aromatic nitrogens is 2. The monoisotopic (exact) mass is 351 g/mol. The molecule has 0 spiro atoms. The topological polar surface area (TPSA) is 95.1 Å². The second-order valence-electron chi connectivity index (χ2n) is 6.15. The summed E-state index contributed by atoms with van der Waals surface area (Å²) < 4.78 is 0. The maximum absolute atomic E-state index is 12.2. The van der Waals surface area contributed by atoms with E-state index >= 15 is 0 Å². The van der Waals surface area contributed by atoms with Gasteiger partial charge in [0.25, 0.3) is 5.91 Å². The first-order valence-electron chi connectivity index (χ1n) is 8.58. The fourth-order valence-electron chi connectivity index (χ4n) is 3.09. The summed E-state index contributed by atoms with van der Waals surface area (Å²) in [6.07, 6.45) is 3.65. The van der Waals surface area contributed by atoms with E-state index in [0.29, 0.717) is 18.7 Å². The number of carboxylic acids is 1. The number of carbonyl (C=O) groups excluding carboxylic acids is 1. The van der Waals surface area contributed by atoms with Crippen molar-refractivity contribution in [2.45, 2.75) is 26.7 Å². The summed E-state index contributed by atoms with van der Waals surface area (Å²) in [6.45, 7) is 4.18. The van der Waals surface area contributed by atoms with Crippen LogP contribution in [0.3, 0.4) is 0 Å². The molecule has 0 fully saturated rings. The van der Waals surface area contributed by atoms with Crippen LogP contribution in [0.5, 0.6) is 0 Å². The summed E-state index contributed by atoms with van der Waals surface area (Å²) in [6, 6.07) is 9.08. The zero-order valence-corrected chi connectivity index (χ0v) is 14.8. The highest BCUT2D eigenvalue weighted by molar-refractivity contribution is 5.94. The molecule has 2 heterocycles. The zero-order valence-electron chi connectivity index (χ0n) is 14.8. The molecule has 3 N–H and O–H groups in total. The molecule has 6 heteroatoms. The number of nitrogens with zero attached hydrogens (tertiary/aromatic N) is 1. The molecule has 0 aliphatic rings. The van der Waals surface area contributed by atoms with E-state index in [1.807, 2.05) is 12.3 Å². The quantitative estimate of drug-likeness (QED) is 0.636. The fourth-order valence-corrected chi connectivity index (χ4v) is 3.09. The molecule has 2 aromatic heterocycles. The van der Waals surface area contributed by atoms with E-state index in [2.05, 4.69) is 34.3 Å². The number of aryl methyl sites for hydroxylation is 2. The van der Waals surface area contributed by atoms with Gasteiger partial charge in [-0.05, 0) is 43.0 Å². The molecule has 6 nitrogen and oxygen atoms in total. The van der Waals surface area contributed by atoms with Crippen molar-refractivity contribution in [3.8, 4) is 0 Å². The number of aromatic carboxylic acids is 1. The normalized spacial score (nSPS) is 10.8. The van der Waals surface area contributed by atoms with Crippen LogP contribution < -0.4 is 5.32 Å². The largest absolute Gasteiger partial charge is 0.478 e. The van der Waals surface area contributed by atoms with Gasteiger partial charge in [-0.1, -0.05) is 25.1 Å². The predicted molar refractivity (Wildman–Crippen MR) is 99.6 cm³/mol. The van der Waals surface area contributed by atoms with Crippen molar-refractivity contribution in [3.63, 3.8) is 0 Å². The number of para-hydroxylation sites is 1. The van der Waals surface area contributed by atoms with Crippen LogP contribution in [0.1, 0.15) is 44.6 Å². The van der Waals surface area contributed by atoms with Gasteiger partial charge in [0.2, 0.25) is 0 Å². The summed E-state index contributed by atoms with van der Waals surface area (Å²) in [5.41, 5.74) is 4.23. The van der Waals surface area contributed by atoms with E-state index in [0.717, 1.165) is 17.5 Å². The predicted octanol–water partition coefficient (Wildman–Crippen LogP) is 3.10. The summed E-state index contributed by atoms with van der Waals surface area (Å²) in [5.74, 6) is -1.35. The number of aromatic amines is 1. The fraction of sp³-hybridized carbons (Fsp3) is 0.250. The van der Waals surface area contributed by atoms with Gasteiger partial charge in [-0.3, -0.25) is 4.79 Å². The minimum atomic E-state index is -1.05. The Morgan fingerprint density at radius 3 is 2.69 bits per heavy atom. The Hall–Kier alpha value is -3.15. The molecule has 134 valence electrons. The van der Waals surface area contributed by atoms with Crippen molar-refractivity contribution in [3.05, 3.63) is 64.6 Å². The van der Waals surface area contributed by atoms with Crippen LogP contribution in [0.2, 0.25) is 0 Å². The second-order valence-corrected chi connectivity index (χ2v) is 6.15. The van der Waals surface area contributed by atoms with Crippen molar-refractivity contribution in [2.75, 3.05) is 6.54 Å². The third-order valence-electron chi connectivity index (χ3n) is 4.50. The smallest absolute Gasteiger partial charge is 0.337 e. The van der Waals surface area contributed by atoms with Gasteiger partial charge in [0.15, 0.2) is 0 Å². The minimum absolute atomic E-state index is 0.104. The third-order valence-corrected chi connectivity index (χ3v) is 4.50. The number of hydrogen-bond donors (Lipinski definition) is 3. The van der Waals surface area contributed by atoms with E-state index in [1.54, 1.807) is 6.92 Å². The number of fused-ring (bicyclic) bond motifs is 1. The molecule has 1 aromatic carbocycles. The Morgan fingerprint density at radius 1 is 1.19 bits per heavy atom. The Bertz CT molecular complexity index is 976. The van der Waals surface area contributed by atoms with Gasteiger partial charge in [0, 0.05) is 23.6 Å². The molecule has 1 amide bonds. The van der Waals surface area contributed by atoms with Crippen molar-refractivity contribution in [1.29, 1.82) is 0 Å². The molecule has 3 rings (SSSR count). The Morgan fingerprint density at radius 2 is 2.00 bits per heavy atom. The molecule has 0 saturated heterocycles. The molecular weight excluding hydrogens is 330 g/mol. The molecule has 0 aliphatic carbocycles. The van der Waals surface area contributed by atoms with Crippen molar-refractivity contribution >= 4 is 22.8 Å². The highest BCUT2D eigenvalue weighted by atomic mass is 16.4. The number of amides is 1. The zero-order chi connectivity index (χ0) is 18.7. The Balaban J connectivity index is 1.66. The highest BCUT2D eigenvalue weighted by Gasteiger charge is 2.13. The number of rotatable bonds is 6. The standard InChI is InChI=1S/C20H21N3O3/c1-3-13-5-4-6-16-14(11-22-18(13)16)9-10-21-19(24)17-8-7-15(20(25)26)12(2)23-17/h4-8,11,22H,3,9-10H2,1-2H3,(H,21,24)(H,25,26). The van der Waals surface area contributed by atoms with E-state index < -0.39 is 5.97 Å². The number of hydrogen-bond acceptors (Lipinski definition) is 3. The Labute approximate surface area is 151 Å². The van der Waals surface area contributed by atoms with Crippen LogP contribution in [0.25, 0.3) is 10.9 Å². The molecule has 0 radical (unpaired) electrons. The van der Waals surface area contributed by atoms with Gasteiger partial charge in [-0.25, -0.2) is 9.78 Å². The number of pyridine rings is 1. The van der Waals surface area contributed by atoms with Gasteiger partial charge < -0.3 is 15.4 Å². The number of carboxylic acid groups (broad SMARTS) is 1. The van der Waals surface area contributed by atoms with Crippen LogP contribution in [-0.4, -0.2) is 33.5 Å². The molecule has 0 atom stereocenters. The first-order chi connectivity index (χ1) is 12.5. The highest BCUT2D eigenvalue weighted by Crippen LogP contribution is 2.22. The van der Waals surface area contributed by atoms with E-state index in [-0.39, 0.29) is 17.2 Å². The van der Waals surface area contributed by atoms with Crippen molar-refractivity contribution in [2.24, 2.45) is 0 Å². The van der Waals surface area contributed by atoms with Crippen LogP contribution in [-0.2, 0) is 12.8 Å². The lowest BCUT2D eigenvalue weighted by molar-refractivity contribution is 0.0694. The summed E-state index contributed by atoms with van der Waals surface area (Å²) >= 11 is 0. The van der Waals surface area contributed by atoms with Gasteiger partial charge in [-0.2, -0.15) is 0 Å². The lowest BCUT2D eigenvalue weighted by Gasteiger charge is -2.07. The average Bonchev–Trinajstić information content (AvgIpc) is 3.04. The SMILES string of the molecule is CCc1cccc2c(CCNC(=O)c3ccc(C(=O)O)c(C)n3)c[nH]c12. The number of H-pyrrole nitrogens is 1. The van der Waals surface area contributed by atoms with Crippen molar-refractivity contribution < 1.29 is 14.7 Å². The molecule has 3 aromatic rings. The van der Waals surface area contributed by atoms with E-state index in [9.17, 15) is 9.59 Å². The third kappa shape index (κ3) is 3.44. The minimum Gasteiger partial charge on any atom is -0.478 e. The maximum Gasteiger partial charge on any atom is 0.337 e. The molecule has 0 saturated carbocycles. The van der Waals surface area contributed by atoms with Crippen LogP contribution in [0.15, 0.2) is 36.5 Å². The van der Waals surface area contributed by atoms with Crippen LogP contribution in [0.4, 0.5) is 0 Å². The Kier molecular flexibility index (Phi) is 5.02. The molecule has 26 heavy (non-hydrogen) atoms. The van der Waals surface area contributed by atoms with Crippen LogP contribution in [0, 0.1) is 6.92 Å². The van der Waals surface area contributed by atoms with E-state index in [1.165, 1.54) is 23.1 Å². The van der Waals surface area contributed by atoms with Gasteiger partial charge in [0.05, 0.1) is 11.3 Å². The second kappa shape index (κ2) is 7.39. The van der Waals surface area contributed by atoms with Gasteiger partial charge >= 0.3 is 5.97 Å². The summed E-state index contributed by atoms with van der Waals surface area (Å²) in [5, 5.41) is 13.0. The molecule has 0 aliphatic heterocycles. The van der Waals surface area contributed by atoms with Crippen molar-refractivity contribution in [1.82, 2.24) is 15.3 Å². The lowest BCUT2D eigenvalue weighted by atomic mass is 10.1. The summed E-state index contributed by atoms with van der Waals surface area (Å²) in [7, 11) is 0. The first kappa shape index (κ1) is 17.7. The molecule has 0 unspecified atom stereocenters. The van der Waals surface area contributed by atoms with Gasteiger partial charge in [0.1, 0.15) is 5.69 Å². The van der Waals surface area contributed by atoms with Crippen LogP contribution >= 0.6 is 0 Å². The maximum atomic E-state index is 12.2. The first-order valence-corrected chi connectivity index (χ1v) is 8.58. The average molecular weight is 351 g/mol. The number of carbonyl (C=O) groups is 2. The molecular formula is C20H21N3O3. The number of nitrogens with one attached hydrogen (secondary N) is 2. The van der Waals surface area contributed by atoms with Gasteiger partial charge in [-0.15, -0.1) is 0 Å². The summed E-state index contributed by atoms with van der Waals surface area (Å²) in [4.78, 5) is 30.7. The molecule has 0 bridgehead atoms. The van der Waals surface area contributed by atoms with E-state index in [4.69, 9.17) is 5.11 Å². The lowest BCUT2D eigenvalue weighted by Crippen LogP contribution is -2.27. The number of benzene rings is 1.